The van der Waals surface area contributed by atoms with Gasteiger partial charge < -0.3 is 13.9 Å². The molecule has 0 atom stereocenters. The zero-order valence-electron chi connectivity index (χ0n) is 14.8. The van der Waals surface area contributed by atoms with Crippen molar-refractivity contribution in [1.29, 1.82) is 0 Å². The van der Waals surface area contributed by atoms with E-state index >= 15 is 0 Å². The fourth-order valence-electron chi connectivity index (χ4n) is 2.80. The van der Waals surface area contributed by atoms with Crippen LogP contribution in [0.1, 0.15) is 39.5 Å². The Balaban J connectivity index is 2.14. The average molecular weight is 340 g/mol. The molecule has 0 fully saturated rings. The Morgan fingerprint density at radius 1 is 0.920 bits per heavy atom. The number of hydrogen-bond donors (Lipinski definition) is 0. The first kappa shape index (κ1) is 17.3. The minimum atomic E-state index is -0.340. The topological polar surface area (TPSA) is 48.7 Å². The predicted molar refractivity (Wildman–Crippen MR) is 101 cm³/mol. The van der Waals surface area contributed by atoms with E-state index in [1.54, 1.807) is 12.1 Å². The van der Waals surface area contributed by atoms with E-state index in [2.05, 4.69) is 13.8 Å². The summed E-state index contributed by atoms with van der Waals surface area (Å²) in [6.07, 6.45) is 4.07. The summed E-state index contributed by atoms with van der Waals surface area (Å²) in [5.74, 6) is 1.38. The Morgan fingerprint density at radius 2 is 1.60 bits per heavy atom. The van der Waals surface area contributed by atoms with E-state index in [1.807, 2.05) is 24.3 Å². The van der Waals surface area contributed by atoms with Crippen LogP contribution in [-0.4, -0.2) is 13.2 Å². The van der Waals surface area contributed by atoms with Crippen molar-refractivity contribution in [3.05, 3.63) is 46.8 Å². The molecule has 1 aromatic heterocycles. The maximum absolute atomic E-state index is 12.3. The van der Waals surface area contributed by atoms with E-state index in [0.717, 1.165) is 36.5 Å². The Hall–Kier alpha value is -2.49. The van der Waals surface area contributed by atoms with Gasteiger partial charge in [0.2, 0.25) is 0 Å². The third-order valence-corrected chi connectivity index (χ3v) is 4.18. The summed E-state index contributed by atoms with van der Waals surface area (Å²) < 4.78 is 17.4. The summed E-state index contributed by atoms with van der Waals surface area (Å²) in [4.78, 5) is 12.3. The van der Waals surface area contributed by atoms with Gasteiger partial charge in [-0.2, -0.15) is 0 Å². The van der Waals surface area contributed by atoms with E-state index in [1.165, 1.54) is 0 Å². The normalized spacial score (nSPS) is 11.1. The zero-order chi connectivity index (χ0) is 17.6. The lowest BCUT2D eigenvalue weighted by atomic mass is 10.1. The number of fused-ring (bicyclic) bond motifs is 3. The molecule has 0 aliphatic rings. The molecule has 25 heavy (non-hydrogen) atoms. The highest BCUT2D eigenvalue weighted by atomic mass is 16.5. The molecule has 0 amide bonds. The fraction of sp³-hybridized carbons (Fsp3) is 0.381. The standard InChI is InChI=1S/C21H24O4/c1-3-5-11-23-15-13-18(24-12-6-4-2)20-16-9-7-8-10-17(16)21(22)25-19(20)14-15/h7-10,13-14H,3-6,11-12H2,1-2H3. The number of ether oxygens (including phenoxy) is 2. The Kier molecular flexibility index (Phi) is 5.59. The highest BCUT2D eigenvalue weighted by Gasteiger charge is 2.14. The molecule has 2 aromatic carbocycles. The lowest BCUT2D eigenvalue weighted by molar-refractivity contribution is 0.296. The van der Waals surface area contributed by atoms with Gasteiger partial charge >= 0.3 is 5.63 Å². The largest absolute Gasteiger partial charge is 0.493 e. The zero-order valence-corrected chi connectivity index (χ0v) is 14.8. The molecule has 0 radical (unpaired) electrons. The van der Waals surface area contributed by atoms with Gasteiger partial charge in [-0.3, -0.25) is 0 Å². The molecule has 132 valence electrons. The van der Waals surface area contributed by atoms with Gasteiger partial charge in [-0.25, -0.2) is 4.79 Å². The van der Waals surface area contributed by atoms with Crippen LogP contribution in [0.15, 0.2) is 45.6 Å². The van der Waals surface area contributed by atoms with Crippen LogP contribution in [0.3, 0.4) is 0 Å². The van der Waals surface area contributed by atoms with Crippen LogP contribution in [0.5, 0.6) is 11.5 Å². The van der Waals surface area contributed by atoms with Crippen molar-refractivity contribution in [2.24, 2.45) is 0 Å². The minimum absolute atomic E-state index is 0.340. The Bertz CT molecular complexity index is 911. The molecule has 0 saturated heterocycles. The van der Waals surface area contributed by atoms with Crippen LogP contribution in [0.25, 0.3) is 21.7 Å². The molecule has 3 rings (SSSR count). The van der Waals surface area contributed by atoms with Crippen molar-refractivity contribution in [2.45, 2.75) is 39.5 Å². The molecule has 0 spiro atoms. The molecule has 0 aliphatic carbocycles. The van der Waals surface area contributed by atoms with E-state index < -0.39 is 0 Å². The van der Waals surface area contributed by atoms with Crippen LogP contribution in [0.4, 0.5) is 0 Å². The van der Waals surface area contributed by atoms with E-state index in [-0.39, 0.29) is 5.63 Å². The molecule has 0 bridgehead atoms. The highest BCUT2D eigenvalue weighted by molar-refractivity contribution is 6.08. The van der Waals surface area contributed by atoms with Gasteiger partial charge in [-0.05, 0) is 18.9 Å². The molecular formula is C21H24O4. The van der Waals surface area contributed by atoms with Gasteiger partial charge in [0.15, 0.2) is 0 Å². The van der Waals surface area contributed by atoms with Crippen molar-refractivity contribution < 1.29 is 13.9 Å². The van der Waals surface area contributed by atoms with Crippen molar-refractivity contribution in [2.75, 3.05) is 13.2 Å². The number of benzene rings is 2. The number of hydrogen-bond acceptors (Lipinski definition) is 4. The van der Waals surface area contributed by atoms with Crippen molar-refractivity contribution in [3.63, 3.8) is 0 Å². The molecular weight excluding hydrogens is 316 g/mol. The lowest BCUT2D eigenvalue weighted by Gasteiger charge is -2.13. The van der Waals surface area contributed by atoms with Gasteiger partial charge in [-0.1, -0.05) is 44.9 Å². The highest BCUT2D eigenvalue weighted by Crippen LogP contribution is 2.35. The smallest absolute Gasteiger partial charge is 0.344 e. The first-order chi connectivity index (χ1) is 12.2. The van der Waals surface area contributed by atoms with Crippen molar-refractivity contribution in [1.82, 2.24) is 0 Å². The summed E-state index contributed by atoms with van der Waals surface area (Å²) in [6.45, 7) is 5.50. The molecule has 3 aromatic rings. The van der Waals surface area contributed by atoms with Crippen LogP contribution < -0.4 is 15.1 Å². The maximum atomic E-state index is 12.3. The van der Waals surface area contributed by atoms with Gasteiger partial charge in [0.05, 0.1) is 24.0 Å². The SMILES string of the molecule is CCCCOc1cc(OCCCC)c2c(c1)oc(=O)c1ccccc12. The second kappa shape index (κ2) is 8.06. The molecule has 0 N–H and O–H groups in total. The molecule has 0 aliphatic heterocycles. The van der Waals surface area contributed by atoms with E-state index in [9.17, 15) is 4.79 Å². The van der Waals surface area contributed by atoms with Gasteiger partial charge in [0.25, 0.3) is 0 Å². The Labute approximate surface area is 147 Å². The molecule has 4 nitrogen and oxygen atoms in total. The number of rotatable bonds is 8. The summed E-state index contributed by atoms with van der Waals surface area (Å²) in [6, 6.07) is 11.2. The summed E-state index contributed by atoms with van der Waals surface area (Å²) in [7, 11) is 0. The van der Waals surface area contributed by atoms with Gasteiger partial charge in [-0.15, -0.1) is 0 Å². The third kappa shape index (κ3) is 3.78. The molecule has 4 heteroatoms. The second-order valence-corrected chi connectivity index (χ2v) is 6.13. The Morgan fingerprint density at radius 3 is 2.32 bits per heavy atom. The first-order valence-corrected chi connectivity index (χ1v) is 8.99. The average Bonchev–Trinajstić information content (AvgIpc) is 2.62. The van der Waals surface area contributed by atoms with Crippen molar-refractivity contribution in [3.8, 4) is 11.5 Å². The molecule has 0 unspecified atom stereocenters. The molecule has 0 saturated carbocycles. The number of unbranched alkanes of at least 4 members (excludes halogenated alkanes) is 2. The van der Waals surface area contributed by atoms with E-state index in [0.29, 0.717) is 35.7 Å². The fourth-order valence-corrected chi connectivity index (χ4v) is 2.80. The summed E-state index contributed by atoms with van der Waals surface area (Å²) in [5.41, 5.74) is 0.164. The van der Waals surface area contributed by atoms with Crippen LogP contribution >= 0.6 is 0 Å². The lowest BCUT2D eigenvalue weighted by Crippen LogP contribution is -2.04. The van der Waals surface area contributed by atoms with Crippen LogP contribution in [0.2, 0.25) is 0 Å². The minimum Gasteiger partial charge on any atom is -0.493 e. The predicted octanol–water partition coefficient (Wildman–Crippen LogP) is 5.30. The van der Waals surface area contributed by atoms with Crippen molar-refractivity contribution >= 4 is 21.7 Å². The van der Waals surface area contributed by atoms with E-state index in [4.69, 9.17) is 13.9 Å². The van der Waals surface area contributed by atoms with Gasteiger partial charge in [0.1, 0.15) is 17.1 Å². The quantitative estimate of drug-likeness (QED) is 0.317. The van der Waals surface area contributed by atoms with Crippen LogP contribution in [0, 0.1) is 0 Å². The third-order valence-electron chi connectivity index (χ3n) is 4.18. The first-order valence-electron chi connectivity index (χ1n) is 8.99. The van der Waals surface area contributed by atoms with Gasteiger partial charge in [0, 0.05) is 17.5 Å². The monoisotopic (exact) mass is 340 g/mol. The van der Waals surface area contributed by atoms with Crippen LogP contribution in [-0.2, 0) is 0 Å². The summed E-state index contributed by atoms with van der Waals surface area (Å²) in [5, 5.41) is 2.24. The summed E-state index contributed by atoms with van der Waals surface area (Å²) >= 11 is 0. The second-order valence-electron chi connectivity index (χ2n) is 6.13. The molecule has 1 heterocycles. The maximum Gasteiger partial charge on any atom is 0.344 e.